The summed E-state index contributed by atoms with van der Waals surface area (Å²) >= 11 is 4.97. The van der Waals surface area contributed by atoms with Gasteiger partial charge in [0, 0.05) is 14.9 Å². The minimum absolute atomic E-state index is 0.196. The summed E-state index contributed by atoms with van der Waals surface area (Å²) in [6.07, 6.45) is 0. The molecule has 94 valence electrons. The third kappa shape index (κ3) is 2.97. The van der Waals surface area contributed by atoms with Crippen LogP contribution in [0.4, 0.5) is 4.39 Å². The average Bonchev–Trinajstić information content (AvgIpc) is 2.75. The van der Waals surface area contributed by atoms with Gasteiger partial charge in [-0.15, -0.1) is 11.3 Å². The molecule has 1 heterocycles. The summed E-state index contributed by atoms with van der Waals surface area (Å²) in [4.78, 5) is 12.9. The molecule has 1 aromatic heterocycles. The lowest BCUT2D eigenvalue weighted by molar-refractivity contribution is 0.0951. The normalized spacial score (nSPS) is 10.4. The highest BCUT2D eigenvalue weighted by atomic mass is 79.9. The van der Waals surface area contributed by atoms with Crippen LogP contribution >= 0.6 is 27.3 Å². The molecular formula is C13H11BrFNOS. The second-order valence-corrected chi connectivity index (χ2v) is 5.69. The topological polar surface area (TPSA) is 29.1 Å². The van der Waals surface area contributed by atoms with Crippen LogP contribution in [-0.4, -0.2) is 5.91 Å². The number of nitrogens with one attached hydrogen (secondary N) is 1. The predicted molar refractivity (Wildman–Crippen MR) is 74.3 cm³/mol. The van der Waals surface area contributed by atoms with Crippen molar-refractivity contribution in [1.82, 2.24) is 5.32 Å². The van der Waals surface area contributed by atoms with Crippen LogP contribution in [0.25, 0.3) is 0 Å². The molecule has 0 aliphatic rings. The molecule has 0 saturated heterocycles. The molecule has 0 radical (unpaired) electrons. The number of thiophene rings is 1. The Morgan fingerprint density at radius 2 is 2.22 bits per heavy atom. The zero-order valence-electron chi connectivity index (χ0n) is 9.67. The SMILES string of the molecule is Cc1cc(C(=O)NCc2sccc2Br)ccc1F. The van der Waals surface area contributed by atoms with Crippen LogP contribution in [0.3, 0.4) is 0 Å². The van der Waals surface area contributed by atoms with Gasteiger partial charge in [-0.3, -0.25) is 4.79 Å². The first-order chi connectivity index (χ1) is 8.58. The summed E-state index contributed by atoms with van der Waals surface area (Å²) in [7, 11) is 0. The van der Waals surface area contributed by atoms with Crippen molar-refractivity contribution >= 4 is 33.2 Å². The van der Waals surface area contributed by atoms with E-state index in [2.05, 4.69) is 21.2 Å². The fraction of sp³-hybridized carbons (Fsp3) is 0.154. The van der Waals surface area contributed by atoms with Crippen molar-refractivity contribution in [3.63, 3.8) is 0 Å². The lowest BCUT2D eigenvalue weighted by atomic mass is 10.1. The molecular weight excluding hydrogens is 317 g/mol. The zero-order chi connectivity index (χ0) is 13.1. The number of hydrogen-bond donors (Lipinski definition) is 1. The fourth-order valence-corrected chi connectivity index (χ4v) is 2.93. The Balaban J connectivity index is 2.04. The van der Waals surface area contributed by atoms with Gasteiger partial charge in [0.2, 0.25) is 0 Å². The van der Waals surface area contributed by atoms with Gasteiger partial charge in [0.1, 0.15) is 5.82 Å². The van der Waals surface area contributed by atoms with E-state index >= 15 is 0 Å². The van der Waals surface area contributed by atoms with E-state index in [1.165, 1.54) is 12.1 Å². The number of benzene rings is 1. The van der Waals surface area contributed by atoms with E-state index in [1.807, 2.05) is 11.4 Å². The van der Waals surface area contributed by atoms with Crippen molar-refractivity contribution in [2.24, 2.45) is 0 Å². The molecule has 0 spiro atoms. The lowest BCUT2D eigenvalue weighted by Crippen LogP contribution is -2.22. The molecule has 1 aromatic carbocycles. The van der Waals surface area contributed by atoms with Crippen LogP contribution in [0.5, 0.6) is 0 Å². The van der Waals surface area contributed by atoms with Gasteiger partial charge in [0.05, 0.1) is 6.54 Å². The van der Waals surface area contributed by atoms with E-state index < -0.39 is 0 Å². The third-order valence-corrected chi connectivity index (χ3v) is 4.45. The van der Waals surface area contributed by atoms with Crippen LogP contribution < -0.4 is 5.32 Å². The molecule has 2 rings (SSSR count). The molecule has 2 nitrogen and oxygen atoms in total. The van der Waals surface area contributed by atoms with Gasteiger partial charge in [-0.1, -0.05) is 0 Å². The van der Waals surface area contributed by atoms with Gasteiger partial charge in [-0.2, -0.15) is 0 Å². The van der Waals surface area contributed by atoms with Crippen molar-refractivity contribution in [2.45, 2.75) is 13.5 Å². The van der Waals surface area contributed by atoms with E-state index in [0.29, 0.717) is 17.7 Å². The smallest absolute Gasteiger partial charge is 0.251 e. The maximum absolute atomic E-state index is 13.1. The average molecular weight is 328 g/mol. The lowest BCUT2D eigenvalue weighted by Gasteiger charge is -2.05. The Labute approximate surface area is 117 Å². The van der Waals surface area contributed by atoms with Crippen LogP contribution in [0, 0.1) is 12.7 Å². The monoisotopic (exact) mass is 327 g/mol. The Morgan fingerprint density at radius 3 is 2.83 bits per heavy atom. The van der Waals surface area contributed by atoms with Gasteiger partial charge >= 0.3 is 0 Å². The van der Waals surface area contributed by atoms with E-state index in [9.17, 15) is 9.18 Å². The summed E-state index contributed by atoms with van der Waals surface area (Å²) in [5, 5.41) is 4.76. The second kappa shape index (κ2) is 5.63. The van der Waals surface area contributed by atoms with E-state index in [0.717, 1.165) is 9.35 Å². The maximum Gasteiger partial charge on any atom is 0.251 e. The van der Waals surface area contributed by atoms with Gasteiger partial charge < -0.3 is 5.32 Å². The molecule has 0 fully saturated rings. The third-order valence-electron chi connectivity index (χ3n) is 2.52. The second-order valence-electron chi connectivity index (χ2n) is 3.84. The van der Waals surface area contributed by atoms with E-state index in [1.54, 1.807) is 24.3 Å². The molecule has 2 aromatic rings. The van der Waals surface area contributed by atoms with Crippen molar-refractivity contribution in [3.05, 3.63) is 55.9 Å². The Hall–Kier alpha value is -1.20. The summed E-state index contributed by atoms with van der Waals surface area (Å²) in [6.45, 7) is 2.11. The molecule has 0 aliphatic heterocycles. The maximum atomic E-state index is 13.1. The Morgan fingerprint density at radius 1 is 1.44 bits per heavy atom. The zero-order valence-corrected chi connectivity index (χ0v) is 12.1. The van der Waals surface area contributed by atoms with Crippen molar-refractivity contribution < 1.29 is 9.18 Å². The number of rotatable bonds is 3. The van der Waals surface area contributed by atoms with Gasteiger partial charge in [-0.25, -0.2) is 4.39 Å². The number of amides is 1. The van der Waals surface area contributed by atoms with E-state index in [-0.39, 0.29) is 11.7 Å². The highest BCUT2D eigenvalue weighted by molar-refractivity contribution is 9.10. The van der Waals surface area contributed by atoms with Gasteiger partial charge in [0.25, 0.3) is 5.91 Å². The number of carbonyl (C=O) groups excluding carboxylic acids is 1. The minimum atomic E-state index is -0.299. The largest absolute Gasteiger partial charge is 0.347 e. The number of hydrogen-bond acceptors (Lipinski definition) is 2. The number of carbonyl (C=O) groups is 1. The first kappa shape index (κ1) is 13.2. The quantitative estimate of drug-likeness (QED) is 0.910. The van der Waals surface area contributed by atoms with E-state index in [4.69, 9.17) is 0 Å². The van der Waals surface area contributed by atoms with Gasteiger partial charge in [-0.05, 0) is 58.1 Å². The molecule has 0 saturated carbocycles. The molecule has 5 heteroatoms. The standard InChI is InChI=1S/C13H11BrFNOS/c1-8-6-9(2-3-11(8)15)13(17)16-7-12-10(14)4-5-18-12/h2-6H,7H2,1H3,(H,16,17). The summed E-state index contributed by atoms with van der Waals surface area (Å²) in [6, 6.07) is 6.29. The fourth-order valence-electron chi connectivity index (χ4n) is 1.50. The van der Waals surface area contributed by atoms with Crippen LogP contribution in [0.15, 0.2) is 34.1 Å². The van der Waals surface area contributed by atoms with Gasteiger partial charge in [0.15, 0.2) is 0 Å². The predicted octanol–water partition coefficient (Wildman–Crippen LogP) is 3.89. The number of aryl methyl sites for hydroxylation is 1. The van der Waals surface area contributed by atoms with Crippen molar-refractivity contribution in [3.8, 4) is 0 Å². The van der Waals surface area contributed by atoms with Crippen molar-refractivity contribution in [1.29, 1.82) is 0 Å². The van der Waals surface area contributed by atoms with Crippen LogP contribution in [0.2, 0.25) is 0 Å². The molecule has 18 heavy (non-hydrogen) atoms. The summed E-state index contributed by atoms with van der Waals surface area (Å²) in [5.74, 6) is -0.494. The molecule has 0 unspecified atom stereocenters. The molecule has 0 atom stereocenters. The molecule has 0 aliphatic carbocycles. The Kier molecular flexibility index (Phi) is 4.14. The minimum Gasteiger partial charge on any atom is -0.347 e. The van der Waals surface area contributed by atoms with Crippen molar-refractivity contribution in [2.75, 3.05) is 0 Å². The van der Waals surface area contributed by atoms with Crippen LogP contribution in [0.1, 0.15) is 20.8 Å². The summed E-state index contributed by atoms with van der Waals surface area (Å²) < 4.78 is 14.1. The van der Waals surface area contributed by atoms with Crippen LogP contribution in [-0.2, 0) is 6.54 Å². The first-order valence-corrected chi connectivity index (χ1v) is 7.01. The Bertz CT molecular complexity index is 582. The highest BCUT2D eigenvalue weighted by Crippen LogP contribution is 2.22. The highest BCUT2D eigenvalue weighted by Gasteiger charge is 2.08. The molecule has 1 N–H and O–H groups in total. The molecule has 0 bridgehead atoms. The molecule has 1 amide bonds. The summed E-state index contributed by atoms with van der Waals surface area (Å²) in [5.41, 5.74) is 0.946. The first-order valence-electron chi connectivity index (χ1n) is 5.34. The number of halogens is 2.